The first-order chi connectivity index (χ1) is 12.8. The van der Waals surface area contributed by atoms with E-state index < -0.39 is 17.9 Å². The number of anilines is 1. The number of halogens is 3. The molecule has 0 amide bonds. The summed E-state index contributed by atoms with van der Waals surface area (Å²) in [7, 11) is 0. The number of ether oxygens (including phenoxy) is 2. The molecule has 0 radical (unpaired) electrons. The lowest BCUT2D eigenvalue weighted by Gasteiger charge is -2.43. The number of hydrogen-bond donors (Lipinski definition) is 1. The summed E-state index contributed by atoms with van der Waals surface area (Å²) in [4.78, 5) is 19.8. The van der Waals surface area contributed by atoms with E-state index in [1.807, 2.05) is 0 Å². The van der Waals surface area contributed by atoms with E-state index in [0.717, 1.165) is 6.42 Å². The van der Waals surface area contributed by atoms with Crippen molar-refractivity contribution >= 4 is 11.9 Å². The van der Waals surface area contributed by atoms with E-state index in [2.05, 4.69) is 20.0 Å². The molecule has 1 saturated carbocycles. The minimum atomic E-state index is -4.78. The van der Waals surface area contributed by atoms with Gasteiger partial charge < -0.3 is 14.8 Å². The molecule has 9 heteroatoms. The molecule has 1 aromatic carbocycles. The summed E-state index contributed by atoms with van der Waals surface area (Å²) < 4.78 is 47.2. The van der Waals surface area contributed by atoms with Crippen LogP contribution in [0.15, 0.2) is 36.7 Å². The van der Waals surface area contributed by atoms with Crippen molar-refractivity contribution in [2.24, 2.45) is 0 Å². The van der Waals surface area contributed by atoms with Gasteiger partial charge in [0, 0.05) is 18.0 Å². The molecule has 27 heavy (non-hydrogen) atoms. The zero-order chi connectivity index (χ0) is 19.5. The van der Waals surface area contributed by atoms with Gasteiger partial charge in [0.05, 0.1) is 17.7 Å². The maximum Gasteiger partial charge on any atom is 0.573 e. The third-order valence-electron chi connectivity index (χ3n) is 4.35. The quantitative estimate of drug-likeness (QED) is 0.762. The zero-order valence-corrected chi connectivity index (χ0v) is 14.5. The van der Waals surface area contributed by atoms with Crippen LogP contribution >= 0.6 is 0 Å². The van der Waals surface area contributed by atoms with E-state index in [1.54, 1.807) is 19.1 Å². The van der Waals surface area contributed by atoms with Crippen LogP contribution in [-0.4, -0.2) is 28.9 Å². The van der Waals surface area contributed by atoms with Gasteiger partial charge in [-0.2, -0.15) is 0 Å². The van der Waals surface area contributed by atoms with E-state index in [-0.39, 0.29) is 23.9 Å². The van der Waals surface area contributed by atoms with Gasteiger partial charge in [-0.1, -0.05) is 18.2 Å². The number of alkyl halides is 3. The summed E-state index contributed by atoms with van der Waals surface area (Å²) in [5, 5.41) is 3.11. The smallest absolute Gasteiger partial charge is 0.462 e. The fraction of sp³-hybridized carbons (Fsp3) is 0.389. The van der Waals surface area contributed by atoms with Gasteiger partial charge >= 0.3 is 12.3 Å². The third kappa shape index (κ3) is 4.29. The monoisotopic (exact) mass is 381 g/mol. The molecule has 1 N–H and O–H groups in total. The predicted molar refractivity (Wildman–Crippen MR) is 90.3 cm³/mol. The Balaban J connectivity index is 1.84. The molecule has 1 heterocycles. The number of rotatable bonds is 6. The first kappa shape index (κ1) is 18.9. The fourth-order valence-electron chi connectivity index (χ4n) is 2.99. The molecule has 1 aliphatic rings. The molecule has 0 saturated heterocycles. The number of hydrogen-bond acceptors (Lipinski definition) is 6. The molecule has 0 aliphatic heterocycles. The van der Waals surface area contributed by atoms with Gasteiger partial charge in [-0.25, -0.2) is 14.8 Å². The van der Waals surface area contributed by atoms with Crippen molar-refractivity contribution in [2.45, 2.75) is 38.1 Å². The Hall–Kier alpha value is -2.84. The van der Waals surface area contributed by atoms with E-state index in [4.69, 9.17) is 4.74 Å². The van der Waals surface area contributed by atoms with E-state index >= 15 is 0 Å². The van der Waals surface area contributed by atoms with Crippen molar-refractivity contribution < 1.29 is 27.4 Å². The molecule has 1 aliphatic carbocycles. The Morgan fingerprint density at radius 2 is 1.89 bits per heavy atom. The minimum absolute atomic E-state index is 0.200. The molecular formula is C18H18F3N3O3. The second-order valence-electron chi connectivity index (χ2n) is 6.12. The Bertz CT molecular complexity index is 805. The normalized spacial score (nSPS) is 15.6. The molecular weight excluding hydrogens is 363 g/mol. The molecule has 144 valence electrons. The average molecular weight is 381 g/mol. The van der Waals surface area contributed by atoms with Crippen LogP contribution in [0.1, 0.15) is 42.1 Å². The summed E-state index contributed by atoms with van der Waals surface area (Å²) in [6, 6.07) is 6.03. The molecule has 0 bridgehead atoms. The summed E-state index contributed by atoms with van der Waals surface area (Å²) in [5.74, 6) is -0.573. The van der Waals surface area contributed by atoms with Gasteiger partial charge in [-0.05, 0) is 32.3 Å². The zero-order valence-electron chi connectivity index (χ0n) is 14.5. The summed E-state index contributed by atoms with van der Waals surface area (Å²) >= 11 is 0. The summed E-state index contributed by atoms with van der Waals surface area (Å²) in [6.45, 7) is 1.92. The van der Waals surface area contributed by atoms with Gasteiger partial charge in [0.1, 0.15) is 5.75 Å². The topological polar surface area (TPSA) is 73.3 Å². The largest absolute Gasteiger partial charge is 0.573 e. The van der Waals surface area contributed by atoms with Gasteiger partial charge in [0.15, 0.2) is 0 Å². The first-order valence-corrected chi connectivity index (χ1v) is 8.45. The first-order valence-electron chi connectivity index (χ1n) is 8.45. The summed E-state index contributed by atoms with van der Waals surface area (Å²) in [6.07, 6.45) is -0.0921. The van der Waals surface area contributed by atoms with Crippen molar-refractivity contribution in [1.82, 2.24) is 9.97 Å². The lowest BCUT2D eigenvalue weighted by molar-refractivity contribution is -0.275. The third-order valence-corrected chi connectivity index (χ3v) is 4.35. The fourth-order valence-corrected chi connectivity index (χ4v) is 2.99. The van der Waals surface area contributed by atoms with Crippen LogP contribution < -0.4 is 10.1 Å². The molecule has 0 atom stereocenters. The van der Waals surface area contributed by atoms with Crippen LogP contribution in [0.4, 0.5) is 19.1 Å². The number of para-hydroxylation sites is 1. The highest BCUT2D eigenvalue weighted by molar-refractivity contribution is 5.88. The highest BCUT2D eigenvalue weighted by Gasteiger charge is 2.43. The number of esters is 1. The van der Waals surface area contributed by atoms with Crippen LogP contribution in [0.25, 0.3) is 0 Å². The van der Waals surface area contributed by atoms with Crippen molar-refractivity contribution in [3.8, 4) is 5.75 Å². The molecule has 0 unspecified atom stereocenters. The summed E-state index contributed by atoms with van der Waals surface area (Å²) in [5.41, 5.74) is -0.162. The van der Waals surface area contributed by atoms with Gasteiger partial charge in [0.2, 0.25) is 5.95 Å². The van der Waals surface area contributed by atoms with Crippen molar-refractivity contribution in [3.05, 3.63) is 47.8 Å². The Morgan fingerprint density at radius 1 is 1.22 bits per heavy atom. The van der Waals surface area contributed by atoms with Crippen LogP contribution in [0.2, 0.25) is 0 Å². The van der Waals surface area contributed by atoms with E-state index in [9.17, 15) is 18.0 Å². The Kier molecular flexibility index (Phi) is 5.20. The Labute approximate surface area is 153 Å². The molecule has 3 rings (SSSR count). The lowest BCUT2D eigenvalue weighted by Crippen LogP contribution is -2.43. The second kappa shape index (κ2) is 7.42. The number of carbonyl (C=O) groups is 1. The van der Waals surface area contributed by atoms with E-state index in [1.165, 1.54) is 24.5 Å². The molecule has 6 nitrogen and oxygen atoms in total. The van der Waals surface area contributed by atoms with Crippen LogP contribution in [0.5, 0.6) is 5.75 Å². The van der Waals surface area contributed by atoms with Gasteiger partial charge in [-0.3, -0.25) is 0 Å². The second-order valence-corrected chi connectivity index (χ2v) is 6.12. The lowest BCUT2D eigenvalue weighted by atomic mass is 9.71. The molecule has 0 spiro atoms. The van der Waals surface area contributed by atoms with Crippen LogP contribution in [0, 0.1) is 0 Å². The van der Waals surface area contributed by atoms with Gasteiger partial charge in [0.25, 0.3) is 0 Å². The molecule has 2 aromatic rings. The number of benzene rings is 1. The standard InChI is InChI=1S/C18H18F3N3O3/c1-2-26-15(25)12-10-22-16(23-11-12)24-17(8-5-9-17)13-6-3-4-7-14(13)27-18(19,20)21/h3-4,6-7,10-11H,2,5,8-9H2,1H3,(H,22,23,24). The average Bonchev–Trinajstić information content (AvgIpc) is 2.58. The number of carbonyl (C=O) groups excluding carboxylic acids is 1. The Morgan fingerprint density at radius 3 is 2.44 bits per heavy atom. The SMILES string of the molecule is CCOC(=O)c1cnc(NC2(c3ccccc3OC(F)(F)F)CCC2)nc1. The number of aromatic nitrogens is 2. The van der Waals surface area contributed by atoms with Gasteiger partial charge in [-0.15, -0.1) is 13.2 Å². The highest BCUT2D eigenvalue weighted by Crippen LogP contribution is 2.47. The van der Waals surface area contributed by atoms with Crippen LogP contribution in [0.3, 0.4) is 0 Å². The van der Waals surface area contributed by atoms with Crippen molar-refractivity contribution in [3.63, 3.8) is 0 Å². The van der Waals surface area contributed by atoms with Crippen LogP contribution in [-0.2, 0) is 10.3 Å². The maximum atomic E-state index is 12.7. The number of nitrogens with one attached hydrogen (secondary N) is 1. The molecule has 1 fully saturated rings. The van der Waals surface area contributed by atoms with Crippen molar-refractivity contribution in [1.29, 1.82) is 0 Å². The predicted octanol–water partition coefficient (Wildman–Crippen LogP) is 4.04. The minimum Gasteiger partial charge on any atom is -0.462 e. The van der Waals surface area contributed by atoms with Crippen molar-refractivity contribution in [2.75, 3.05) is 11.9 Å². The molecule has 1 aromatic heterocycles. The number of nitrogens with zero attached hydrogens (tertiary/aromatic N) is 2. The van der Waals surface area contributed by atoms with E-state index in [0.29, 0.717) is 18.4 Å². The highest BCUT2D eigenvalue weighted by atomic mass is 19.4. The maximum absolute atomic E-state index is 12.7.